The minimum absolute atomic E-state index is 0.725. The molecule has 1 N–H and O–H groups in total. The summed E-state index contributed by atoms with van der Waals surface area (Å²) in [7, 11) is 0. The lowest BCUT2D eigenvalue weighted by atomic mass is 9.76. The van der Waals surface area contributed by atoms with Gasteiger partial charge in [-0.25, -0.2) is 0 Å². The molecule has 0 aromatic heterocycles. The minimum atomic E-state index is 0.725. The zero-order valence-electron chi connectivity index (χ0n) is 10.0. The molecule has 1 aliphatic carbocycles. The average molecular weight is 238 g/mol. The highest BCUT2D eigenvalue weighted by Gasteiger charge is 2.29. The third-order valence-electron chi connectivity index (χ3n) is 3.29. The molecule has 1 aromatic carbocycles. The zero-order valence-corrected chi connectivity index (χ0v) is 10.8. The molecule has 0 heterocycles. The maximum absolute atomic E-state index is 5.88. The Labute approximate surface area is 103 Å². The van der Waals surface area contributed by atoms with Crippen molar-refractivity contribution in [1.29, 1.82) is 0 Å². The Balaban J connectivity index is 1.77. The van der Waals surface area contributed by atoms with Crippen LogP contribution in [0.3, 0.4) is 0 Å². The number of hydrogen-bond donors (Lipinski definition) is 1. The molecule has 1 fully saturated rings. The highest BCUT2D eigenvalue weighted by molar-refractivity contribution is 6.30. The van der Waals surface area contributed by atoms with E-state index in [4.69, 9.17) is 11.6 Å². The molecule has 1 saturated carbocycles. The Bertz CT molecular complexity index is 325. The SMILES string of the molecule is CC(C)CNC1CC(c2ccc(Cl)cc2)C1. The van der Waals surface area contributed by atoms with Crippen LogP contribution in [-0.2, 0) is 0 Å². The van der Waals surface area contributed by atoms with E-state index >= 15 is 0 Å². The second-order valence-corrected chi connectivity index (χ2v) is 5.66. The molecule has 16 heavy (non-hydrogen) atoms. The van der Waals surface area contributed by atoms with Gasteiger partial charge in [0.15, 0.2) is 0 Å². The molecule has 0 spiro atoms. The molecule has 0 bridgehead atoms. The van der Waals surface area contributed by atoms with Gasteiger partial charge in [0.1, 0.15) is 0 Å². The summed E-state index contributed by atoms with van der Waals surface area (Å²) in [5, 5.41) is 4.43. The minimum Gasteiger partial charge on any atom is -0.314 e. The van der Waals surface area contributed by atoms with Gasteiger partial charge in [0.05, 0.1) is 0 Å². The van der Waals surface area contributed by atoms with Gasteiger partial charge in [0.25, 0.3) is 0 Å². The summed E-state index contributed by atoms with van der Waals surface area (Å²) in [6.45, 7) is 5.64. The highest BCUT2D eigenvalue weighted by Crippen LogP contribution is 2.37. The lowest BCUT2D eigenvalue weighted by molar-refractivity contribution is 0.282. The van der Waals surface area contributed by atoms with Crippen LogP contribution >= 0.6 is 11.6 Å². The van der Waals surface area contributed by atoms with Gasteiger partial charge in [-0.15, -0.1) is 0 Å². The molecule has 0 unspecified atom stereocenters. The molecule has 0 atom stereocenters. The second kappa shape index (κ2) is 5.20. The van der Waals surface area contributed by atoms with E-state index in [1.54, 1.807) is 0 Å². The van der Waals surface area contributed by atoms with Gasteiger partial charge in [-0.3, -0.25) is 0 Å². The summed E-state index contributed by atoms with van der Waals surface area (Å²) >= 11 is 5.88. The van der Waals surface area contributed by atoms with Gasteiger partial charge in [-0.1, -0.05) is 37.6 Å². The summed E-state index contributed by atoms with van der Waals surface area (Å²) in [6, 6.07) is 9.03. The van der Waals surface area contributed by atoms with Crippen molar-refractivity contribution in [2.24, 2.45) is 5.92 Å². The van der Waals surface area contributed by atoms with E-state index in [1.165, 1.54) is 18.4 Å². The second-order valence-electron chi connectivity index (χ2n) is 5.22. The first-order valence-corrected chi connectivity index (χ1v) is 6.52. The molecule has 2 heteroatoms. The summed E-state index contributed by atoms with van der Waals surface area (Å²) in [6.07, 6.45) is 2.54. The van der Waals surface area contributed by atoms with Crippen molar-refractivity contribution >= 4 is 11.6 Å². The van der Waals surface area contributed by atoms with Gasteiger partial charge in [0.2, 0.25) is 0 Å². The monoisotopic (exact) mass is 237 g/mol. The van der Waals surface area contributed by atoms with Crippen molar-refractivity contribution in [3.8, 4) is 0 Å². The van der Waals surface area contributed by atoms with Crippen LogP contribution in [0.1, 0.15) is 38.2 Å². The Morgan fingerprint density at radius 2 is 1.88 bits per heavy atom. The molecule has 0 amide bonds. The number of benzene rings is 1. The van der Waals surface area contributed by atoms with Crippen LogP contribution in [0.4, 0.5) is 0 Å². The number of nitrogens with one attached hydrogen (secondary N) is 1. The fraction of sp³-hybridized carbons (Fsp3) is 0.571. The first kappa shape index (κ1) is 11.9. The van der Waals surface area contributed by atoms with Crippen LogP contribution in [0.25, 0.3) is 0 Å². The van der Waals surface area contributed by atoms with Gasteiger partial charge < -0.3 is 5.32 Å². The van der Waals surface area contributed by atoms with Crippen molar-refractivity contribution in [3.05, 3.63) is 34.9 Å². The molecule has 1 aromatic rings. The van der Waals surface area contributed by atoms with Gasteiger partial charge >= 0.3 is 0 Å². The predicted molar refractivity (Wildman–Crippen MR) is 70.1 cm³/mol. The maximum Gasteiger partial charge on any atom is 0.0406 e. The molecule has 1 nitrogen and oxygen atoms in total. The number of hydrogen-bond acceptors (Lipinski definition) is 1. The van der Waals surface area contributed by atoms with E-state index in [0.717, 1.165) is 29.4 Å². The molecule has 2 rings (SSSR count). The third kappa shape index (κ3) is 2.99. The number of rotatable bonds is 4. The summed E-state index contributed by atoms with van der Waals surface area (Å²) in [5.41, 5.74) is 1.44. The summed E-state index contributed by atoms with van der Waals surface area (Å²) in [5.74, 6) is 1.48. The van der Waals surface area contributed by atoms with E-state index in [1.807, 2.05) is 12.1 Å². The first-order chi connectivity index (χ1) is 7.65. The highest BCUT2D eigenvalue weighted by atomic mass is 35.5. The predicted octanol–water partition coefficient (Wildman–Crippen LogP) is 3.83. The van der Waals surface area contributed by atoms with Crippen LogP contribution in [-0.4, -0.2) is 12.6 Å². The van der Waals surface area contributed by atoms with Crippen LogP contribution in [0.15, 0.2) is 24.3 Å². The van der Waals surface area contributed by atoms with Crippen LogP contribution in [0, 0.1) is 5.92 Å². The molecule has 88 valence electrons. The summed E-state index contributed by atoms with van der Waals surface area (Å²) < 4.78 is 0. The molecule has 0 aliphatic heterocycles. The van der Waals surface area contributed by atoms with Gasteiger partial charge in [-0.2, -0.15) is 0 Å². The average Bonchev–Trinajstić information content (AvgIpc) is 2.18. The van der Waals surface area contributed by atoms with Crippen molar-refractivity contribution < 1.29 is 0 Å². The van der Waals surface area contributed by atoms with E-state index in [-0.39, 0.29) is 0 Å². The Kier molecular flexibility index (Phi) is 3.88. The molecule has 0 saturated heterocycles. The van der Waals surface area contributed by atoms with Gasteiger partial charge in [0, 0.05) is 11.1 Å². The van der Waals surface area contributed by atoms with Crippen molar-refractivity contribution in [3.63, 3.8) is 0 Å². The van der Waals surface area contributed by atoms with Gasteiger partial charge in [-0.05, 0) is 48.9 Å². The Morgan fingerprint density at radius 1 is 1.25 bits per heavy atom. The van der Waals surface area contributed by atoms with E-state index < -0.39 is 0 Å². The van der Waals surface area contributed by atoms with E-state index in [9.17, 15) is 0 Å². The van der Waals surface area contributed by atoms with Crippen molar-refractivity contribution in [1.82, 2.24) is 5.32 Å². The molecule has 1 aliphatic rings. The first-order valence-electron chi connectivity index (χ1n) is 6.14. The molecular formula is C14H20ClN. The quantitative estimate of drug-likeness (QED) is 0.839. The van der Waals surface area contributed by atoms with E-state index in [0.29, 0.717) is 0 Å². The van der Waals surface area contributed by atoms with Crippen molar-refractivity contribution in [2.45, 2.75) is 38.6 Å². The summed E-state index contributed by atoms with van der Waals surface area (Å²) in [4.78, 5) is 0. The fourth-order valence-electron chi connectivity index (χ4n) is 2.19. The molecular weight excluding hydrogens is 218 g/mol. The topological polar surface area (TPSA) is 12.0 Å². The lowest BCUT2D eigenvalue weighted by Gasteiger charge is -2.37. The Morgan fingerprint density at radius 3 is 2.44 bits per heavy atom. The lowest BCUT2D eigenvalue weighted by Crippen LogP contribution is -2.41. The standard InChI is InChI=1S/C14H20ClN/c1-10(2)9-16-14-7-12(8-14)11-3-5-13(15)6-4-11/h3-6,10,12,14,16H,7-9H2,1-2H3. The normalized spacial score (nSPS) is 24.5. The smallest absolute Gasteiger partial charge is 0.0406 e. The van der Waals surface area contributed by atoms with Crippen molar-refractivity contribution in [2.75, 3.05) is 6.54 Å². The van der Waals surface area contributed by atoms with E-state index in [2.05, 4.69) is 31.3 Å². The zero-order chi connectivity index (χ0) is 11.5. The molecule has 0 radical (unpaired) electrons. The number of halogens is 1. The van der Waals surface area contributed by atoms with Crippen LogP contribution in [0.2, 0.25) is 5.02 Å². The largest absolute Gasteiger partial charge is 0.314 e. The Hall–Kier alpha value is -0.530. The van der Waals surface area contributed by atoms with Crippen LogP contribution < -0.4 is 5.32 Å². The fourth-order valence-corrected chi connectivity index (χ4v) is 2.32. The maximum atomic E-state index is 5.88. The van der Waals surface area contributed by atoms with Crippen LogP contribution in [0.5, 0.6) is 0 Å². The third-order valence-corrected chi connectivity index (χ3v) is 3.55.